The Morgan fingerprint density at radius 3 is 2.62 bits per heavy atom. The lowest BCUT2D eigenvalue weighted by Gasteiger charge is -2.24. The minimum absolute atomic E-state index is 0.288. The number of nitrogens with two attached hydrogens (primary N) is 1. The van der Waals surface area contributed by atoms with E-state index in [1.807, 2.05) is 36.4 Å². The highest BCUT2D eigenvalue weighted by Gasteiger charge is 2.17. The van der Waals surface area contributed by atoms with Gasteiger partial charge in [0.05, 0.1) is 0 Å². The smallest absolute Gasteiger partial charge is 0.298 e. The molecule has 2 aromatic carbocycles. The Bertz CT molecular complexity index is 734. The number of hydrogen-bond acceptors (Lipinski definition) is 4. The van der Waals surface area contributed by atoms with Gasteiger partial charge < -0.3 is 15.1 Å². The summed E-state index contributed by atoms with van der Waals surface area (Å²) in [6.07, 6.45) is 0. The van der Waals surface area contributed by atoms with Crippen molar-refractivity contribution in [3.8, 4) is 0 Å². The lowest BCUT2D eigenvalue weighted by atomic mass is 10.2. The van der Waals surface area contributed by atoms with Gasteiger partial charge in [0.2, 0.25) is 0 Å². The molecule has 0 aliphatic rings. The van der Waals surface area contributed by atoms with Crippen LogP contribution in [0.3, 0.4) is 0 Å². The van der Waals surface area contributed by atoms with E-state index in [1.165, 1.54) is 5.56 Å². The molecule has 0 amide bonds. The monoisotopic (exact) mass is 281 g/mol. The van der Waals surface area contributed by atoms with Gasteiger partial charge >= 0.3 is 0 Å². The van der Waals surface area contributed by atoms with Gasteiger partial charge in [-0.3, -0.25) is 0 Å². The lowest BCUT2D eigenvalue weighted by molar-refractivity contribution is 0.536. The quantitative estimate of drug-likeness (QED) is 0.738. The Hall–Kier alpha value is -2.49. The van der Waals surface area contributed by atoms with E-state index in [0.717, 1.165) is 17.6 Å². The predicted molar refractivity (Wildman–Crippen MR) is 86.2 cm³/mol. The first-order chi connectivity index (χ1) is 10.1. The molecule has 0 bridgehead atoms. The van der Waals surface area contributed by atoms with E-state index in [9.17, 15) is 0 Å². The Balaban J connectivity index is 1.95. The number of fused-ring (bicyclic) bond motifs is 1. The lowest BCUT2D eigenvalue weighted by Crippen LogP contribution is -2.30. The number of aromatic nitrogens is 1. The van der Waals surface area contributed by atoms with E-state index in [-0.39, 0.29) is 6.04 Å². The van der Waals surface area contributed by atoms with Gasteiger partial charge in [-0.15, -0.1) is 0 Å². The average Bonchev–Trinajstić information content (AvgIpc) is 2.88. The first kappa shape index (κ1) is 13.5. The van der Waals surface area contributed by atoms with Crippen molar-refractivity contribution in [2.24, 2.45) is 0 Å². The standard InChI is InChI=1S/C17H19N3O/c1-12(2)20(11-13-6-4-3-5-7-13)17-19-15-10-14(18)8-9-16(15)21-17/h3-10,12H,11,18H2,1-2H3. The summed E-state index contributed by atoms with van der Waals surface area (Å²) >= 11 is 0. The van der Waals surface area contributed by atoms with Crippen LogP contribution in [0, 0.1) is 0 Å². The second-order valence-electron chi connectivity index (χ2n) is 5.43. The number of benzene rings is 2. The van der Waals surface area contributed by atoms with Crippen molar-refractivity contribution in [3.63, 3.8) is 0 Å². The maximum absolute atomic E-state index is 5.88. The number of nitrogen functional groups attached to an aromatic ring is 1. The molecule has 0 saturated heterocycles. The zero-order valence-corrected chi connectivity index (χ0v) is 12.3. The van der Waals surface area contributed by atoms with Gasteiger partial charge in [-0.05, 0) is 37.6 Å². The van der Waals surface area contributed by atoms with Crippen LogP contribution in [0.15, 0.2) is 52.9 Å². The van der Waals surface area contributed by atoms with Crippen LogP contribution in [0.4, 0.5) is 11.7 Å². The summed E-state index contributed by atoms with van der Waals surface area (Å²) in [4.78, 5) is 6.71. The molecule has 1 heterocycles. The summed E-state index contributed by atoms with van der Waals surface area (Å²) in [7, 11) is 0. The maximum atomic E-state index is 5.88. The second kappa shape index (κ2) is 5.48. The first-order valence-electron chi connectivity index (χ1n) is 7.10. The average molecular weight is 281 g/mol. The third-order valence-electron chi connectivity index (χ3n) is 3.47. The summed E-state index contributed by atoms with van der Waals surface area (Å²) < 4.78 is 5.88. The molecule has 4 heteroatoms. The SMILES string of the molecule is CC(C)N(Cc1ccccc1)c1nc2cc(N)ccc2o1. The molecule has 0 unspecified atom stereocenters. The third kappa shape index (κ3) is 2.84. The van der Waals surface area contributed by atoms with Crippen molar-refractivity contribution in [2.45, 2.75) is 26.4 Å². The number of oxazole rings is 1. The number of hydrogen-bond donors (Lipinski definition) is 1. The first-order valence-corrected chi connectivity index (χ1v) is 7.10. The molecule has 1 aromatic heterocycles. The molecule has 0 spiro atoms. The highest BCUT2D eigenvalue weighted by Crippen LogP contribution is 2.26. The van der Waals surface area contributed by atoms with Crippen molar-refractivity contribution >= 4 is 22.8 Å². The Kier molecular flexibility index (Phi) is 3.52. The van der Waals surface area contributed by atoms with Crippen molar-refractivity contribution in [3.05, 3.63) is 54.1 Å². The fourth-order valence-electron chi connectivity index (χ4n) is 2.31. The van der Waals surface area contributed by atoms with E-state index in [1.54, 1.807) is 0 Å². The van der Waals surface area contributed by atoms with Gasteiger partial charge in [-0.1, -0.05) is 30.3 Å². The Morgan fingerprint density at radius 1 is 1.14 bits per heavy atom. The number of nitrogens with zero attached hydrogens (tertiary/aromatic N) is 2. The summed E-state index contributed by atoms with van der Waals surface area (Å²) in [6.45, 7) is 5.03. The Labute approximate surface area is 124 Å². The van der Waals surface area contributed by atoms with E-state index >= 15 is 0 Å². The van der Waals surface area contributed by atoms with Gasteiger partial charge in [0.1, 0.15) is 5.52 Å². The normalized spacial score (nSPS) is 11.2. The predicted octanol–water partition coefficient (Wildman–Crippen LogP) is 3.83. The van der Waals surface area contributed by atoms with Crippen LogP contribution < -0.4 is 10.6 Å². The molecule has 0 aliphatic heterocycles. The minimum atomic E-state index is 0.288. The number of anilines is 2. The molecule has 2 N–H and O–H groups in total. The molecule has 0 radical (unpaired) electrons. The summed E-state index contributed by atoms with van der Waals surface area (Å²) in [5, 5.41) is 0. The highest BCUT2D eigenvalue weighted by atomic mass is 16.4. The van der Waals surface area contributed by atoms with Crippen molar-refractivity contribution in [1.29, 1.82) is 0 Å². The molecular formula is C17H19N3O. The zero-order valence-electron chi connectivity index (χ0n) is 12.3. The van der Waals surface area contributed by atoms with Gasteiger partial charge in [0.15, 0.2) is 5.58 Å². The maximum Gasteiger partial charge on any atom is 0.298 e. The third-order valence-corrected chi connectivity index (χ3v) is 3.47. The van der Waals surface area contributed by atoms with Crippen LogP contribution in [0.5, 0.6) is 0 Å². The molecule has 0 atom stereocenters. The van der Waals surface area contributed by atoms with E-state index < -0.39 is 0 Å². The van der Waals surface area contributed by atoms with Crippen molar-refractivity contribution in [2.75, 3.05) is 10.6 Å². The van der Waals surface area contributed by atoms with Gasteiger partial charge in [0, 0.05) is 18.3 Å². The molecule has 0 aliphatic carbocycles. The second-order valence-corrected chi connectivity index (χ2v) is 5.43. The molecule has 0 saturated carbocycles. The van der Waals surface area contributed by atoms with Gasteiger partial charge in [-0.25, -0.2) is 0 Å². The van der Waals surface area contributed by atoms with Crippen LogP contribution >= 0.6 is 0 Å². The molecule has 21 heavy (non-hydrogen) atoms. The minimum Gasteiger partial charge on any atom is -0.423 e. The van der Waals surface area contributed by atoms with Gasteiger partial charge in [-0.2, -0.15) is 4.98 Å². The fraction of sp³-hybridized carbons (Fsp3) is 0.235. The molecule has 0 fully saturated rings. The molecular weight excluding hydrogens is 262 g/mol. The van der Waals surface area contributed by atoms with Crippen LogP contribution in [0.2, 0.25) is 0 Å². The topological polar surface area (TPSA) is 55.3 Å². The van der Waals surface area contributed by atoms with E-state index in [4.69, 9.17) is 10.2 Å². The number of rotatable bonds is 4. The summed E-state index contributed by atoms with van der Waals surface area (Å²) in [5.74, 6) is 0. The summed E-state index contributed by atoms with van der Waals surface area (Å²) in [5.41, 5.74) is 9.28. The van der Waals surface area contributed by atoms with Crippen LogP contribution in [0.1, 0.15) is 19.4 Å². The van der Waals surface area contributed by atoms with Gasteiger partial charge in [0.25, 0.3) is 6.01 Å². The zero-order chi connectivity index (χ0) is 14.8. The molecule has 3 rings (SSSR count). The summed E-state index contributed by atoms with van der Waals surface area (Å²) in [6, 6.07) is 16.8. The van der Waals surface area contributed by atoms with Crippen molar-refractivity contribution < 1.29 is 4.42 Å². The molecule has 4 nitrogen and oxygen atoms in total. The fourth-order valence-corrected chi connectivity index (χ4v) is 2.31. The van der Waals surface area contributed by atoms with E-state index in [0.29, 0.717) is 11.7 Å². The van der Waals surface area contributed by atoms with Crippen LogP contribution in [0.25, 0.3) is 11.1 Å². The van der Waals surface area contributed by atoms with Crippen LogP contribution in [-0.4, -0.2) is 11.0 Å². The molecule has 108 valence electrons. The Morgan fingerprint density at radius 2 is 1.90 bits per heavy atom. The highest BCUT2D eigenvalue weighted by molar-refractivity contribution is 5.78. The van der Waals surface area contributed by atoms with E-state index in [2.05, 4.69) is 35.9 Å². The molecule has 3 aromatic rings. The van der Waals surface area contributed by atoms with Crippen molar-refractivity contribution in [1.82, 2.24) is 4.98 Å². The van der Waals surface area contributed by atoms with Crippen LogP contribution in [-0.2, 0) is 6.54 Å². The largest absolute Gasteiger partial charge is 0.423 e.